The van der Waals surface area contributed by atoms with Crippen LogP contribution in [0.2, 0.25) is 0 Å². The molecule has 0 heterocycles. The molecule has 0 radical (unpaired) electrons. The van der Waals surface area contributed by atoms with Gasteiger partial charge in [-0.2, -0.15) is 0 Å². The molecule has 0 amide bonds. The zero-order valence-corrected chi connectivity index (χ0v) is 22.1. The van der Waals surface area contributed by atoms with Crippen molar-refractivity contribution in [2.75, 3.05) is 13.2 Å². The van der Waals surface area contributed by atoms with Gasteiger partial charge >= 0.3 is 0 Å². The Kier molecular flexibility index (Phi) is 9.29. The summed E-state index contributed by atoms with van der Waals surface area (Å²) in [6.07, 6.45) is 0. The van der Waals surface area contributed by atoms with Crippen molar-refractivity contribution < 1.29 is 23.8 Å². The van der Waals surface area contributed by atoms with Gasteiger partial charge in [-0.3, -0.25) is 9.59 Å². The predicted octanol–water partition coefficient (Wildman–Crippen LogP) is 7.49. The van der Waals surface area contributed by atoms with Crippen molar-refractivity contribution >= 4 is 33.8 Å². The third-order valence-electron chi connectivity index (χ3n) is 5.22. The molecule has 0 saturated carbocycles. The molecule has 4 aromatic rings. The van der Waals surface area contributed by atoms with Gasteiger partial charge in [-0.1, -0.05) is 36.4 Å². The molecule has 0 aliphatic heterocycles. The highest BCUT2D eigenvalue weighted by atomic mass is 32.2. The van der Waals surface area contributed by atoms with E-state index in [2.05, 4.69) is 0 Å². The first-order valence-electron chi connectivity index (χ1n) is 11.6. The highest BCUT2D eigenvalue weighted by Gasteiger charge is 2.10. The number of para-hydroxylation sites is 2. The molecular formula is C30H26O5S2. The van der Waals surface area contributed by atoms with Crippen molar-refractivity contribution in [2.45, 2.75) is 23.6 Å². The van der Waals surface area contributed by atoms with E-state index in [0.29, 0.717) is 23.0 Å². The first-order valence-corrected chi connectivity index (χ1v) is 13.3. The minimum atomic E-state index is -0.0798. The summed E-state index contributed by atoms with van der Waals surface area (Å²) in [4.78, 5) is 26.2. The molecule has 0 spiro atoms. The Balaban J connectivity index is 1.22. The Morgan fingerprint density at radius 3 is 1.32 bits per heavy atom. The molecule has 188 valence electrons. The quantitative estimate of drug-likeness (QED) is 0.197. The van der Waals surface area contributed by atoms with Crippen LogP contribution in [0, 0.1) is 13.8 Å². The summed E-state index contributed by atoms with van der Waals surface area (Å²) in [6, 6.07) is 29.8. The maximum atomic E-state index is 12.3. The van der Waals surface area contributed by atoms with Gasteiger partial charge in [0.25, 0.3) is 0 Å². The summed E-state index contributed by atoms with van der Waals surface area (Å²) in [6.45, 7) is 3.89. The molecule has 4 rings (SSSR count). The van der Waals surface area contributed by atoms with Crippen LogP contribution in [0.15, 0.2) is 107 Å². The van der Waals surface area contributed by atoms with Crippen molar-refractivity contribution in [2.24, 2.45) is 0 Å². The maximum Gasteiger partial charge on any atom is 0.231 e. The topological polar surface area (TPSA) is 61.8 Å². The molecule has 7 heteroatoms. The van der Waals surface area contributed by atoms with Crippen molar-refractivity contribution in [3.8, 4) is 23.0 Å². The lowest BCUT2D eigenvalue weighted by Crippen LogP contribution is -2.07. The van der Waals surface area contributed by atoms with Crippen LogP contribution >= 0.6 is 23.5 Å². The van der Waals surface area contributed by atoms with Crippen LogP contribution < -0.4 is 14.2 Å². The Labute approximate surface area is 225 Å². The number of ether oxygens (including phenoxy) is 3. The van der Waals surface area contributed by atoms with Crippen LogP contribution in [-0.4, -0.2) is 23.4 Å². The van der Waals surface area contributed by atoms with Crippen LogP contribution in [-0.2, 0) is 9.59 Å². The number of benzene rings is 4. The van der Waals surface area contributed by atoms with E-state index in [1.807, 2.05) is 111 Å². The molecule has 0 N–H and O–H groups in total. The van der Waals surface area contributed by atoms with E-state index in [9.17, 15) is 9.59 Å². The zero-order chi connectivity index (χ0) is 26.0. The fourth-order valence-corrected chi connectivity index (χ4v) is 4.63. The average molecular weight is 531 g/mol. The second-order valence-electron chi connectivity index (χ2n) is 8.10. The van der Waals surface area contributed by atoms with Gasteiger partial charge < -0.3 is 14.2 Å². The van der Waals surface area contributed by atoms with Gasteiger partial charge in [-0.25, -0.2) is 0 Å². The fourth-order valence-electron chi connectivity index (χ4n) is 3.32. The Hall–Kier alpha value is -3.68. The van der Waals surface area contributed by atoms with Gasteiger partial charge in [0.2, 0.25) is 10.2 Å². The van der Waals surface area contributed by atoms with E-state index in [4.69, 9.17) is 14.2 Å². The van der Waals surface area contributed by atoms with Gasteiger partial charge in [-0.15, -0.1) is 0 Å². The van der Waals surface area contributed by atoms with Crippen LogP contribution in [0.3, 0.4) is 0 Å². The minimum Gasteiger partial charge on any atom is -0.485 e. The molecule has 0 aliphatic rings. The number of rotatable bonds is 10. The highest BCUT2D eigenvalue weighted by Crippen LogP contribution is 2.28. The second-order valence-corrected chi connectivity index (χ2v) is 10.4. The molecule has 0 atom stereocenters. The number of hydrogen-bond acceptors (Lipinski definition) is 7. The second kappa shape index (κ2) is 13.0. The summed E-state index contributed by atoms with van der Waals surface area (Å²) < 4.78 is 17.1. The van der Waals surface area contributed by atoms with Crippen LogP contribution in [0.4, 0.5) is 0 Å². The molecule has 0 unspecified atom stereocenters. The number of hydrogen-bond donors (Lipinski definition) is 0. The van der Waals surface area contributed by atoms with Gasteiger partial charge in [-0.05, 0) is 109 Å². The smallest absolute Gasteiger partial charge is 0.231 e. The number of carbonyl (C=O) groups excluding carboxylic acids is 2. The predicted molar refractivity (Wildman–Crippen MR) is 148 cm³/mol. The molecule has 0 aliphatic carbocycles. The standard InChI is InChI=1S/C30H26O5S2/c1-21-7-3-5-9-27(21)33-19-29(31)36-25-15-11-23(12-16-25)35-24-13-17-26(18-14-24)37-30(32)20-34-28-10-6-4-8-22(28)2/h3-18H,19-20H2,1-2H3. The lowest BCUT2D eigenvalue weighted by molar-refractivity contribution is -0.113. The van der Waals surface area contributed by atoms with Crippen LogP contribution in [0.25, 0.3) is 0 Å². The van der Waals surface area contributed by atoms with Gasteiger partial charge in [0.1, 0.15) is 23.0 Å². The SMILES string of the molecule is Cc1ccccc1OCC(=O)Sc1ccc(Oc2ccc(SC(=O)COc3ccccc3C)cc2)cc1. The van der Waals surface area contributed by atoms with Gasteiger partial charge in [0.15, 0.2) is 13.2 Å². The summed E-state index contributed by atoms with van der Waals surface area (Å²) in [7, 11) is 0. The fraction of sp³-hybridized carbons (Fsp3) is 0.133. The first-order chi connectivity index (χ1) is 18.0. The third kappa shape index (κ3) is 8.17. The molecule has 4 aromatic carbocycles. The van der Waals surface area contributed by atoms with E-state index < -0.39 is 0 Å². The summed E-state index contributed by atoms with van der Waals surface area (Å²) in [5.74, 6) is 2.72. The molecular weight excluding hydrogens is 504 g/mol. The van der Waals surface area contributed by atoms with Gasteiger partial charge in [0, 0.05) is 9.79 Å². The monoisotopic (exact) mass is 530 g/mol. The number of carbonyl (C=O) groups is 2. The number of aryl methyl sites for hydroxylation is 2. The minimum absolute atomic E-state index is 0.00133. The van der Waals surface area contributed by atoms with E-state index in [0.717, 1.165) is 44.4 Å². The molecule has 0 bridgehead atoms. The summed E-state index contributed by atoms with van der Waals surface area (Å²) in [5, 5.41) is -0.160. The summed E-state index contributed by atoms with van der Waals surface area (Å²) in [5.41, 5.74) is 1.99. The van der Waals surface area contributed by atoms with Crippen molar-refractivity contribution in [3.05, 3.63) is 108 Å². The van der Waals surface area contributed by atoms with Crippen LogP contribution in [0.5, 0.6) is 23.0 Å². The van der Waals surface area contributed by atoms with E-state index in [1.54, 1.807) is 0 Å². The van der Waals surface area contributed by atoms with E-state index in [1.165, 1.54) is 0 Å². The van der Waals surface area contributed by atoms with Gasteiger partial charge in [0.05, 0.1) is 0 Å². The Bertz CT molecular complexity index is 1250. The Morgan fingerprint density at radius 2 is 0.946 bits per heavy atom. The molecule has 0 fully saturated rings. The van der Waals surface area contributed by atoms with E-state index >= 15 is 0 Å². The average Bonchev–Trinajstić information content (AvgIpc) is 2.90. The molecule has 0 saturated heterocycles. The summed E-state index contributed by atoms with van der Waals surface area (Å²) >= 11 is 2.26. The maximum absolute atomic E-state index is 12.3. The van der Waals surface area contributed by atoms with Crippen LogP contribution in [0.1, 0.15) is 11.1 Å². The molecule has 0 aromatic heterocycles. The largest absolute Gasteiger partial charge is 0.485 e. The zero-order valence-electron chi connectivity index (χ0n) is 20.5. The first kappa shape index (κ1) is 26.4. The van der Waals surface area contributed by atoms with Crippen molar-refractivity contribution in [1.29, 1.82) is 0 Å². The number of thioether (sulfide) groups is 2. The van der Waals surface area contributed by atoms with Crippen molar-refractivity contribution in [3.63, 3.8) is 0 Å². The molecule has 5 nitrogen and oxygen atoms in total. The highest BCUT2D eigenvalue weighted by molar-refractivity contribution is 8.14. The Morgan fingerprint density at radius 1 is 0.568 bits per heavy atom. The lowest BCUT2D eigenvalue weighted by Gasteiger charge is -2.09. The van der Waals surface area contributed by atoms with Crippen molar-refractivity contribution in [1.82, 2.24) is 0 Å². The van der Waals surface area contributed by atoms with E-state index in [-0.39, 0.29) is 23.4 Å². The normalized spacial score (nSPS) is 10.5. The third-order valence-corrected chi connectivity index (χ3v) is 6.93. The lowest BCUT2D eigenvalue weighted by atomic mass is 10.2. The molecule has 37 heavy (non-hydrogen) atoms.